The van der Waals surface area contributed by atoms with E-state index >= 15 is 0 Å². The highest BCUT2D eigenvalue weighted by molar-refractivity contribution is 6.07. The van der Waals surface area contributed by atoms with Crippen molar-refractivity contribution in [1.82, 2.24) is 10.3 Å². The number of nitrogens with two attached hydrogens (primary N) is 1. The Hall–Kier alpha value is -1.97. The Balaban J connectivity index is 1.69. The number of nitrogen functional groups attached to an aromatic ring is 1. The fraction of sp³-hybridized carbons (Fsp3) is 0.471. The van der Waals surface area contributed by atoms with E-state index < -0.39 is 0 Å². The van der Waals surface area contributed by atoms with Gasteiger partial charge in [0, 0.05) is 29.3 Å². The molecule has 1 aromatic carbocycles. The van der Waals surface area contributed by atoms with Crippen molar-refractivity contribution in [2.24, 2.45) is 11.8 Å². The summed E-state index contributed by atoms with van der Waals surface area (Å²) in [6, 6.07) is 5.59. The lowest BCUT2D eigenvalue weighted by Crippen LogP contribution is -2.33. The molecular formula is C17H23N3O. The van der Waals surface area contributed by atoms with Crippen LogP contribution in [0.1, 0.15) is 43.0 Å². The van der Waals surface area contributed by atoms with E-state index in [-0.39, 0.29) is 5.91 Å². The summed E-state index contributed by atoms with van der Waals surface area (Å²) in [5.41, 5.74) is 8.07. The standard InChI is InChI=1S/C17H23N3O/c1-11-4-2-3-5-12(11)9-20-17(21)15-10-19-16-8-13(18)6-7-14(15)16/h6-8,10-12,19H,2-5,9,18H2,1H3,(H,20,21). The number of aromatic amines is 1. The molecule has 4 heteroatoms. The molecule has 0 aliphatic heterocycles. The highest BCUT2D eigenvalue weighted by Crippen LogP contribution is 2.29. The quantitative estimate of drug-likeness (QED) is 0.757. The summed E-state index contributed by atoms with van der Waals surface area (Å²) < 4.78 is 0. The van der Waals surface area contributed by atoms with E-state index in [0.717, 1.165) is 17.4 Å². The van der Waals surface area contributed by atoms with Gasteiger partial charge in [0.1, 0.15) is 0 Å². The van der Waals surface area contributed by atoms with E-state index in [9.17, 15) is 4.79 Å². The molecule has 2 unspecified atom stereocenters. The van der Waals surface area contributed by atoms with Crippen LogP contribution in [-0.4, -0.2) is 17.4 Å². The summed E-state index contributed by atoms with van der Waals surface area (Å²) in [6.45, 7) is 3.08. The molecule has 0 spiro atoms. The van der Waals surface area contributed by atoms with Gasteiger partial charge < -0.3 is 16.0 Å². The molecule has 0 radical (unpaired) electrons. The first kappa shape index (κ1) is 14.0. The Morgan fingerprint density at radius 2 is 2.19 bits per heavy atom. The summed E-state index contributed by atoms with van der Waals surface area (Å²) >= 11 is 0. The number of hydrogen-bond donors (Lipinski definition) is 3. The van der Waals surface area contributed by atoms with Gasteiger partial charge >= 0.3 is 0 Å². The molecule has 3 rings (SSSR count). The fourth-order valence-corrected chi connectivity index (χ4v) is 3.35. The average molecular weight is 285 g/mol. The molecule has 0 saturated heterocycles. The molecule has 4 N–H and O–H groups in total. The first-order valence-electron chi connectivity index (χ1n) is 7.80. The molecule has 1 aliphatic carbocycles. The zero-order chi connectivity index (χ0) is 14.8. The SMILES string of the molecule is CC1CCCCC1CNC(=O)c1c[nH]c2cc(N)ccc12. The maximum Gasteiger partial charge on any atom is 0.253 e. The van der Waals surface area contributed by atoms with E-state index in [1.807, 2.05) is 18.2 Å². The number of nitrogens with one attached hydrogen (secondary N) is 2. The van der Waals surface area contributed by atoms with Gasteiger partial charge in [-0.15, -0.1) is 0 Å². The molecule has 1 fully saturated rings. The lowest BCUT2D eigenvalue weighted by Gasteiger charge is -2.28. The molecule has 2 atom stereocenters. The van der Waals surface area contributed by atoms with Crippen LogP contribution in [0.5, 0.6) is 0 Å². The van der Waals surface area contributed by atoms with Crippen molar-refractivity contribution in [1.29, 1.82) is 0 Å². The predicted molar refractivity (Wildman–Crippen MR) is 86.2 cm³/mol. The van der Waals surface area contributed by atoms with Crippen LogP contribution in [0.4, 0.5) is 5.69 Å². The molecule has 2 aromatic rings. The second-order valence-electron chi connectivity index (χ2n) is 6.24. The van der Waals surface area contributed by atoms with Crippen LogP contribution < -0.4 is 11.1 Å². The average Bonchev–Trinajstić information content (AvgIpc) is 2.89. The van der Waals surface area contributed by atoms with Crippen LogP contribution in [0.2, 0.25) is 0 Å². The molecule has 21 heavy (non-hydrogen) atoms. The van der Waals surface area contributed by atoms with Crippen molar-refractivity contribution in [2.75, 3.05) is 12.3 Å². The number of rotatable bonds is 3. The van der Waals surface area contributed by atoms with Gasteiger partial charge in [-0.3, -0.25) is 4.79 Å². The van der Waals surface area contributed by atoms with Crippen LogP contribution >= 0.6 is 0 Å². The zero-order valence-corrected chi connectivity index (χ0v) is 12.5. The van der Waals surface area contributed by atoms with Gasteiger partial charge in [-0.1, -0.05) is 26.2 Å². The minimum absolute atomic E-state index is 0.00351. The smallest absolute Gasteiger partial charge is 0.253 e. The Bertz CT molecular complexity index is 647. The monoisotopic (exact) mass is 285 g/mol. The highest BCUT2D eigenvalue weighted by Gasteiger charge is 2.22. The van der Waals surface area contributed by atoms with E-state index in [1.54, 1.807) is 6.20 Å². The largest absolute Gasteiger partial charge is 0.399 e. The van der Waals surface area contributed by atoms with Crippen molar-refractivity contribution >= 4 is 22.5 Å². The van der Waals surface area contributed by atoms with E-state index in [2.05, 4.69) is 17.2 Å². The van der Waals surface area contributed by atoms with Crippen LogP contribution in [0.3, 0.4) is 0 Å². The van der Waals surface area contributed by atoms with Crippen LogP contribution in [0.25, 0.3) is 10.9 Å². The van der Waals surface area contributed by atoms with Gasteiger partial charge in [0.15, 0.2) is 0 Å². The minimum Gasteiger partial charge on any atom is -0.399 e. The van der Waals surface area contributed by atoms with Crippen molar-refractivity contribution in [3.63, 3.8) is 0 Å². The molecule has 4 nitrogen and oxygen atoms in total. The van der Waals surface area contributed by atoms with Crippen molar-refractivity contribution < 1.29 is 4.79 Å². The Morgan fingerprint density at radius 1 is 1.38 bits per heavy atom. The lowest BCUT2D eigenvalue weighted by atomic mass is 9.80. The van der Waals surface area contributed by atoms with E-state index in [4.69, 9.17) is 5.73 Å². The fourth-order valence-electron chi connectivity index (χ4n) is 3.35. The van der Waals surface area contributed by atoms with Gasteiger partial charge in [0.2, 0.25) is 0 Å². The number of anilines is 1. The van der Waals surface area contributed by atoms with E-state index in [0.29, 0.717) is 23.1 Å². The second kappa shape index (κ2) is 5.80. The number of fused-ring (bicyclic) bond motifs is 1. The first-order chi connectivity index (χ1) is 10.1. The normalized spacial score (nSPS) is 22.3. The maximum atomic E-state index is 12.4. The van der Waals surface area contributed by atoms with Crippen LogP contribution in [-0.2, 0) is 0 Å². The number of hydrogen-bond acceptors (Lipinski definition) is 2. The summed E-state index contributed by atoms with van der Waals surface area (Å²) in [6.07, 6.45) is 6.90. The molecule has 0 bridgehead atoms. The Kier molecular flexibility index (Phi) is 3.86. The third-order valence-corrected chi connectivity index (χ3v) is 4.76. The summed E-state index contributed by atoms with van der Waals surface area (Å²) in [5, 5.41) is 4.03. The second-order valence-corrected chi connectivity index (χ2v) is 6.24. The molecule has 1 amide bonds. The van der Waals surface area contributed by atoms with Gasteiger partial charge in [0.05, 0.1) is 5.56 Å². The molecule has 112 valence electrons. The van der Waals surface area contributed by atoms with Crippen LogP contribution in [0, 0.1) is 11.8 Å². The minimum atomic E-state index is 0.00351. The van der Waals surface area contributed by atoms with Gasteiger partial charge in [-0.25, -0.2) is 0 Å². The summed E-state index contributed by atoms with van der Waals surface area (Å²) in [4.78, 5) is 15.5. The first-order valence-corrected chi connectivity index (χ1v) is 7.80. The number of benzene rings is 1. The number of carbonyl (C=O) groups is 1. The van der Waals surface area contributed by atoms with Gasteiger partial charge in [-0.2, -0.15) is 0 Å². The molecule has 1 aromatic heterocycles. The van der Waals surface area contributed by atoms with E-state index in [1.165, 1.54) is 25.7 Å². The lowest BCUT2D eigenvalue weighted by molar-refractivity contribution is 0.0938. The Morgan fingerprint density at radius 3 is 3.00 bits per heavy atom. The van der Waals surface area contributed by atoms with Crippen molar-refractivity contribution in [3.8, 4) is 0 Å². The molecular weight excluding hydrogens is 262 g/mol. The number of H-pyrrole nitrogens is 1. The number of carbonyl (C=O) groups excluding carboxylic acids is 1. The summed E-state index contributed by atoms with van der Waals surface area (Å²) in [7, 11) is 0. The summed E-state index contributed by atoms with van der Waals surface area (Å²) in [5.74, 6) is 1.33. The molecule has 1 saturated carbocycles. The number of amides is 1. The van der Waals surface area contributed by atoms with Gasteiger partial charge in [-0.05, 0) is 36.5 Å². The number of aromatic nitrogens is 1. The third kappa shape index (κ3) is 2.89. The maximum absolute atomic E-state index is 12.4. The predicted octanol–water partition coefficient (Wildman–Crippen LogP) is 3.31. The van der Waals surface area contributed by atoms with Crippen molar-refractivity contribution in [2.45, 2.75) is 32.6 Å². The van der Waals surface area contributed by atoms with Crippen LogP contribution in [0.15, 0.2) is 24.4 Å². The highest BCUT2D eigenvalue weighted by atomic mass is 16.1. The van der Waals surface area contributed by atoms with Gasteiger partial charge in [0.25, 0.3) is 5.91 Å². The molecule has 1 aliphatic rings. The van der Waals surface area contributed by atoms with Crippen molar-refractivity contribution in [3.05, 3.63) is 30.0 Å². The third-order valence-electron chi connectivity index (χ3n) is 4.76. The molecule has 1 heterocycles. The topological polar surface area (TPSA) is 70.9 Å². The Labute approximate surface area is 125 Å². The zero-order valence-electron chi connectivity index (χ0n) is 12.5.